The maximum absolute atomic E-state index is 13.1. The number of Topliss-reactive ketones (excluding diaryl/α,β-unsaturated/α-hetero) is 1. The van der Waals surface area contributed by atoms with Gasteiger partial charge in [0.05, 0.1) is 30.1 Å². The number of nitrogens with zero attached hydrogens (tertiary/aromatic N) is 2. The lowest BCUT2D eigenvalue weighted by Crippen LogP contribution is -2.30. The monoisotopic (exact) mass is 406 g/mol. The van der Waals surface area contributed by atoms with Gasteiger partial charge in [-0.05, 0) is 35.2 Å². The van der Waals surface area contributed by atoms with Crippen molar-refractivity contribution in [2.24, 2.45) is 0 Å². The highest BCUT2D eigenvalue weighted by Crippen LogP contribution is 2.40. The molecule has 0 bridgehead atoms. The Kier molecular flexibility index (Phi) is 5.14. The number of methoxy groups -OCH3 is 1. The van der Waals surface area contributed by atoms with E-state index in [1.807, 2.05) is 24.3 Å². The van der Waals surface area contributed by atoms with Crippen LogP contribution in [0.2, 0.25) is 0 Å². The molecule has 1 atom stereocenters. The van der Waals surface area contributed by atoms with Gasteiger partial charge in [-0.1, -0.05) is 24.3 Å². The van der Waals surface area contributed by atoms with Crippen molar-refractivity contribution in [3.05, 3.63) is 93.6 Å². The van der Waals surface area contributed by atoms with E-state index in [2.05, 4.69) is 4.98 Å². The molecule has 4 rings (SSSR count). The number of rotatable bonds is 6. The highest BCUT2D eigenvalue weighted by atomic mass is 32.1. The highest BCUT2D eigenvalue weighted by Gasteiger charge is 2.44. The van der Waals surface area contributed by atoms with Gasteiger partial charge in [-0.2, -0.15) is 0 Å². The third-order valence-corrected chi connectivity index (χ3v) is 5.72. The summed E-state index contributed by atoms with van der Waals surface area (Å²) >= 11 is 1.27. The third-order valence-electron chi connectivity index (χ3n) is 4.85. The van der Waals surface area contributed by atoms with Gasteiger partial charge >= 0.3 is 0 Å². The zero-order chi connectivity index (χ0) is 20.4. The number of hydrogen-bond acceptors (Lipinski definition) is 6. The number of ether oxygens (including phenoxy) is 1. The van der Waals surface area contributed by atoms with Crippen LogP contribution in [-0.2, 0) is 11.3 Å². The molecule has 0 spiro atoms. The van der Waals surface area contributed by atoms with Crippen LogP contribution in [0.4, 0.5) is 0 Å². The first kappa shape index (κ1) is 18.9. The van der Waals surface area contributed by atoms with Crippen LogP contribution in [0.3, 0.4) is 0 Å². The summed E-state index contributed by atoms with van der Waals surface area (Å²) in [6.45, 7) is 0.182. The first-order valence-electron chi connectivity index (χ1n) is 8.96. The van der Waals surface area contributed by atoms with E-state index in [9.17, 15) is 14.7 Å². The lowest BCUT2D eigenvalue weighted by molar-refractivity contribution is -0.130. The summed E-state index contributed by atoms with van der Waals surface area (Å²) in [5, 5.41) is 12.4. The van der Waals surface area contributed by atoms with Crippen LogP contribution in [0.5, 0.6) is 5.75 Å². The van der Waals surface area contributed by atoms with Crippen molar-refractivity contribution >= 4 is 23.0 Å². The van der Waals surface area contributed by atoms with Crippen molar-refractivity contribution < 1.29 is 19.4 Å². The molecule has 29 heavy (non-hydrogen) atoms. The molecule has 1 aliphatic rings. The van der Waals surface area contributed by atoms with E-state index < -0.39 is 17.7 Å². The Morgan fingerprint density at radius 3 is 2.62 bits per heavy atom. The second kappa shape index (κ2) is 7.89. The average Bonchev–Trinajstić information content (AvgIpc) is 3.38. The largest absolute Gasteiger partial charge is 0.503 e. The molecule has 2 aromatic heterocycles. The fourth-order valence-corrected chi connectivity index (χ4v) is 4.18. The number of carbonyl (C=O) groups is 2. The molecule has 3 heterocycles. The van der Waals surface area contributed by atoms with Gasteiger partial charge in [0, 0.05) is 18.0 Å². The van der Waals surface area contributed by atoms with E-state index in [0.717, 1.165) is 5.56 Å². The van der Waals surface area contributed by atoms with E-state index in [0.29, 0.717) is 16.2 Å². The molecule has 3 aromatic rings. The zero-order valence-corrected chi connectivity index (χ0v) is 16.4. The molecule has 0 fully saturated rings. The Morgan fingerprint density at radius 2 is 1.93 bits per heavy atom. The number of ketones is 1. The van der Waals surface area contributed by atoms with Crippen molar-refractivity contribution in [1.29, 1.82) is 0 Å². The number of carbonyl (C=O) groups excluding carboxylic acids is 2. The Labute approximate surface area is 171 Å². The van der Waals surface area contributed by atoms with Crippen molar-refractivity contribution in [1.82, 2.24) is 9.88 Å². The highest BCUT2D eigenvalue weighted by molar-refractivity contribution is 7.12. The topological polar surface area (TPSA) is 79.7 Å². The average molecular weight is 406 g/mol. The lowest BCUT2D eigenvalue weighted by atomic mass is 9.96. The summed E-state index contributed by atoms with van der Waals surface area (Å²) in [5.74, 6) is -0.820. The molecule has 1 N–H and O–H groups in total. The van der Waals surface area contributed by atoms with Crippen LogP contribution >= 0.6 is 11.3 Å². The molecule has 6 nitrogen and oxygen atoms in total. The summed E-state index contributed by atoms with van der Waals surface area (Å²) in [4.78, 5) is 32.1. The van der Waals surface area contributed by atoms with E-state index in [4.69, 9.17) is 4.74 Å². The number of thiophene rings is 1. The first-order chi connectivity index (χ1) is 14.1. The lowest BCUT2D eigenvalue weighted by Gasteiger charge is -2.27. The van der Waals surface area contributed by atoms with Gasteiger partial charge < -0.3 is 14.7 Å². The zero-order valence-electron chi connectivity index (χ0n) is 15.6. The quantitative estimate of drug-likeness (QED) is 0.628. The normalized spacial score (nSPS) is 16.4. The summed E-state index contributed by atoms with van der Waals surface area (Å²) in [5.41, 5.74) is 1.56. The van der Waals surface area contributed by atoms with Crippen molar-refractivity contribution in [3.63, 3.8) is 0 Å². The van der Waals surface area contributed by atoms with Gasteiger partial charge in [0.2, 0.25) is 5.78 Å². The standard InChI is InChI=1S/C22H18N2O4S/c1-28-16-6-3-2-5-15(16)13-24-19(14-8-10-23-11-9-14)18(21(26)22(24)27)20(25)17-7-4-12-29-17/h2-12,19,26H,13H2,1H3. The van der Waals surface area contributed by atoms with Crippen molar-refractivity contribution in [2.45, 2.75) is 12.6 Å². The first-order valence-corrected chi connectivity index (χ1v) is 9.84. The summed E-state index contributed by atoms with van der Waals surface area (Å²) < 4.78 is 5.40. The second-order valence-electron chi connectivity index (χ2n) is 6.50. The maximum Gasteiger partial charge on any atom is 0.290 e. The number of aliphatic hydroxyl groups is 1. The van der Waals surface area contributed by atoms with Gasteiger partial charge in [-0.15, -0.1) is 11.3 Å². The van der Waals surface area contributed by atoms with E-state index in [1.165, 1.54) is 16.2 Å². The molecule has 7 heteroatoms. The molecular formula is C22H18N2O4S. The molecule has 0 saturated carbocycles. The fraction of sp³-hybridized carbons (Fsp3) is 0.136. The van der Waals surface area contributed by atoms with Crippen LogP contribution in [0, 0.1) is 0 Å². The molecule has 0 radical (unpaired) electrons. The summed E-state index contributed by atoms with van der Waals surface area (Å²) in [6.07, 6.45) is 3.20. The molecule has 0 saturated heterocycles. The molecular weight excluding hydrogens is 388 g/mol. The van der Waals surface area contributed by atoms with Crippen LogP contribution in [0.25, 0.3) is 0 Å². The number of aliphatic hydroxyl groups excluding tert-OH is 1. The summed E-state index contributed by atoms with van der Waals surface area (Å²) in [6, 6.07) is 13.6. The molecule has 146 valence electrons. The molecule has 1 aliphatic heterocycles. The number of benzene rings is 1. The molecule has 1 unspecified atom stereocenters. The van der Waals surface area contributed by atoms with Crippen LogP contribution in [0.1, 0.15) is 26.8 Å². The van der Waals surface area contributed by atoms with Crippen molar-refractivity contribution in [3.8, 4) is 5.75 Å². The maximum atomic E-state index is 13.1. The molecule has 0 aliphatic carbocycles. The fourth-order valence-electron chi connectivity index (χ4n) is 3.50. The number of aromatic nitrogens is 1. The Hall–Kier alpha value is -3.45. The van der Waals surface area contributed by atoms with Gasteiger partial charge in [-0.3, -0.25) is 14.6 Å². The van der Waals surface area contributed by atoms with Crippen LogP contribution in [0.15, 0.2) is 77.6 Å². The Balaban J connectivity index is 1.79. The van der Waals surface area contributed by atoms with E-state index in [-0.39, 0.29) is 17.9 Å². The molecule has 1 aromatic carbocycles. The Bertz CT molecular complexity index is 1080. The minimum Gasteiger partial charge on any atom is -0.503 e. The minimum atomic E-state index is -0.718. The number of pyridine rings is 1. The number of amides is 1. The minimum absolute atomic E-state index is 0.0820. The van der Waals surface area contributed by atoms with E-state index >= 15 is 0 Å². The predicted octanol–water partition coefficient (Wildman–Crippen LogP) is 3.93. The van der Waals surface area contributed by atoms with Crippen LogP contribution < -0.4 is 4.74 Å². The van der Waals surface area contributed by atoms with Crippen LogP contribution in [-0.4, -0.2) is 33.8 Å². The smallest absolute Gasteiger partial charge is 0.290 e. The SMILES string of the molecule is COc1ccccc1CN1C(=O)C(O)=C(C(=O)c2cccs2)C1c1ccncc1. The number of hydrogen-bond donors (Lipinski definition) is 1. The van der Waals surface area contributed by atoms with Gasteiger partial charge in [0.15, 0.2) is 5.76 Å². The second-order valence-corrected chi connectivity index (χ2v) is 7.44. The Morgan fingerprint density at radius 1 is 1.17 bits per heavy atom. The third kappa shape index (κ3) is 3.40. The van der Waals surface area contributed by atoms with E-state index in [1.54, 1.807) is 49.1 Å². The summed E-state index contributed by atoms with van der Waals surface area (Å²) in [7, 11) is 1.56. The van der Waals surface area contributed by atoms with Gasteiger partial charge in [0.1, 0.15) is 5.75 Å². The number of para-hydroxylation sites is 1. The van der Waals surface area contributed by atoms with Gasteiger partial charge in [0.25, 0.3) is 5.91 Å². The molecule has 1 amide bonds. The van der Waals surface area contributed by atoms with Gasteiger partial charge in [-0.25, -0.2) is 0 Å². The van der Waals surface area contributed by atoms with Crippen molar-refractivity contribution in [2.75, 3.05) is 7.11 Å². The predicted molar refractivity (Wildman–Crippen MR) is 109 cm³/mol.